The summed E-state index contributed by atoms with van der Waals surface area (Å²) in [5.74, 6) is 1.48. The van der Waals surface area contributed by atoms with Crippen molar-refractivity contribution in [2.75, 3.05) is 25.8 Å². The van der Waals surface area contributed by atoms with Crippen LogP contribution in [0, 0.1) is 0 Å². The first-order valence-electron chi connectivity index (χ1n) is 7.35. The van der Waals surface area contributed by atoms with E-state index in [4.69, 9.17) is 14.2 Å². The molecule has 124 valence electrons. The van der Waals surface area contributed by atoms with E-state index in [-0.39, 0.29) is 19.2 Å². The summed E-state index contributed by atoms with van der Waals surface area (Å²) < 4.78 is 15.9. The van der Waals surface area contributed by atoms with E-state index in [1.807, 2.05) is 30.3 Å². The van der Waals surface area contributed by atoms with Gasteiger partial charge >= 0.3 is 0 Å². The van der Waals surface area contributed by atoms with Crippen molar-refractivity contribution in [2.45, 2.75) is 0 Å². The van der Waals surface area contributed by atoms with Gasteiger partial charge in [-0.25, -0.2) is 5.43 Å². The molecule has 0 fully saturated rings. The zero-order chi connectivity index (χ0) is 16.8. The molecule has 24 heavy (non-hydrogen) atoms. The largest absolute Gasteiger partial charge is 0.493 e. The topological polar surface area (TPSA) is 81.2 Å². The van der Waals surface area contributed by atoms with E-state index in [2.05, 4.69) is 15.8 Å². The minimum atomic E-state index is -0.247. The van der Waals surface area contributed by atoms with Gasteiger partial charge in [0.2, 0.25) is 12.5 Å². The van der Waals surface area contributed by atoms with Crippen molar-refractivity contribution >= 4 is 17.8 Å². The van der Waals surface area contributed by atoms with Gasteiger partial charge in [0.1, 0.15) is 0 Å². The Balaban J connectivity index is 1.55. The standard InChI is InChI=1S/C17H17N3O4/c1-22-14-7-12(8-15-17(14)24-11-23-15)9-19-20-16(21)10-18-13-5-3-2-4-6-13/h2-9,18H,10-11H2,1H3,(H,20,21)/b19-9-. The molecule has 7 heteroatoms. The summed E-state index contributed by atoms with van der Waals surface area (Å²) >= 11 is 0. The Hall–Kier alpha value is -3.22. The van der Waals surface area contributed by atoms with Crippen LogP contribution in [0.3, 0.4) is 0 Å². The molecule has 2 N–H and O–H groups in total. The highest BCUT2D eigenvalue weighted by atomic mass is 16.7. The molecule has 3 rings (SSSR count). The van der Waals surface area contributed by atoms with Gasteiger partial charge in [0.05, 0.1) is 19.9 Å². The lowest BCUT2D eigenvalue weighted by Crippen LogP contribution is -2.25. The number of carbonyl (C=O) groups is 1. The van der Waals surface area contributed by atoms with E-state index in [1.165, 1.54) is 6.21 Å². The van der Waals surface area contributed by atoms with Gasteiger partial charge in [-0.3, -0.25) is 4.79 Å². The average Bonchev–Trinajstić information content (AvgIpc) is 3.09. The Morgan fingerprint density at radius 1 is 1.29 bits per heavy atom. The number of anilines is 1. The number of amides is 1. The number of rotatable bonds is 6. The fourth-order valence-corrected chi connectivity index (χ4v) is 2.18. The number of hydrogen-bond donors (Lipinski definition) is 2. The Labute approximate surface area is 139 Å². The van der Waals surface area contributed by atoms with Crippen LogP contribution in [-0.4, -0.2) is 32.6 Å². The van der Waals surface area contributed by atoms with Crippen LogP contribution < -0.4 is 25.0 Å². The first kappa shape index (κ1) is 15.7. The van der Waals surface area contributed by atoms with Crippen LogP contribution in [0.4, 0.5) is 5.69 Å². The summed E-state index contributed by atoms with van der Waals surface area (Å²) in [5.41, 5.74) is 4.06. The van der Waals surface area contributed by atoms with Crippen molar-refractivity contribution < 1.29 is 19.0 Å². The van der Waals surface area contributed by atoms with Crippen LogP contribution in [0.5, 0.6) is 17.2 Å². The normalized spacial score (nSPS) is 12.2. The number of ether oxygens (including phenoxy) is 3. The molecule has 0 unspecified atom stereocenters. The van der Waals surface area contributed by atoms with E-state index < -0.39 is 0 Å². The fourth-order valence-electron chi connectivity index (χ4n) is 2.18. The van der Waals surface area contributed by atoms with Gasteiger partial charge in [0.25, 0.3) is 5.91 Å². The summed E-state index contributed by atoms with van der Waals surface area (Å²) in [7, 11) is 1.55. The summed E-state index contributed by atoms with van der Waals surface area (Å²) in [4.78, 5) is 11.8. The first-order valence-corrected chi connectivity index (χ1v) is 7.35. The summed E-state index contributed by atoms with van der Waals surface area (Å²) in [5, 5.41) is 6.94. The average molecular weight is 327 g/mol. The molecular formula is C17H17N3O4. The number of carbonyl (C=O) groups excluding carboxylic acids is 1. The maximum atomic E-state index is 11.8. The Bertz CT molecular complexity index is 747. The maximum Gasteiger partial charge on any atom is 0.259 e. The highest BCUT2D eigenvalue weighted by Crippen LogP contribution is 2.41. The van der Waals surface area contributed by atoms with E-state index in [0.29, 0.717) is 17.2 Å². The van der Waals surface area contributed by atoms with Gasteiger partial charge in [0, 0.05) is 11.3 Å². The van der Waals surface area contributed by atoms with Crippen LogP contribution in [-0.2, 0) is 4.79 Å². The molecule has 0 bridgehead atoms. The van der Waals surface area contributed by atoms with E-state index in [9.17, 15) is 4.79 Å². The first-order chi connectivity index (χ1) is 11.8. The molecule has 0 radical (unpaired) electrons. The van der Waals surface area contributed by atoms with Crippen LogP contribution in [0.1, 0.15) is 5.56 Å². The van der Waals surface area contributed by atoms with Crippen molar-refractivity contribution in [3.8, 4) is 17.2 Å². The minimum absolute atomic E-state index is 0.131. The van der Waals surface area contributed by atoms with Gasteiger partial charge in [0.15, 0.2) is 11.5 Å². The molecule has 1 heterocycles. The molecule has 7 nitrogen and oxygen atoms in total. The lowest BCUT2D eigenvalue weighted by Gasteiger charge is -2.06. The lowest BCUT2D eigenvalue weighted by atomic mass is 10.2. The molecule has 2 aromatic carbocycles. The second-order valence-corrected chi connectivity index (χ2v) is 4.97. The van der Waals surface area contributed by atoms with E-state index in [0.717, 1.165) is 11.3 Å². The number of hydrazone groups is 1. The number of hydrogen-bond acceptors (Lipinski definition) is 6. The van der Waals surface area contributed by atoms with Crippen molar-refractivity contribution in [1.29, 1.82) is 0 Å². The molecule has 1 aliphatic heterocycles. The molecule has 0 saturated heterocycles. The number of fused-ring (bicyclic) bond motifs is 1. The number of methoxy groups -OCH3 is 1. The zero-order valence-electron chi connectivity index (χ0n) is 13.1. The molecule has 0 spiro atoms. The molecule has 1 aliphatic rings. The second-order valence-electron chi connectivity index (χ2n) is 4.97. The molecule has 1 amide bonds. The van der Waals surface area contributed by atoms with Crippen LogP contribution in [0.25, 0.3) is 0 Å². The number of para-hydroxylation sites is 1. The third-order valence-corrected chi connectivity index (χ3v) is 3.31. The number of benzene rings is 2. The number of nitrogens with zero attached hydrogens (tertiary/aromatic N) is 1. The van der Waals surface area contributed by atoms with Gasteiger partial charge in [-0.2, -0.15) is 5.10 Å². The Morgan fingerprint density at radius 3 is 2.92 bits per heavy atom. The highest BCUT2D eigenvalue weighted by Gasteiger charge is 2.19. The highest BCUT2D eigenvalue weighted by molar-refractivity contribution is 5.85. The molecule has 0 aromatic heterocycles. The van der Waals surface area contributed by atoms with Gasteiger partial charge in [-0.1, -0.05) is 18.2 Å². The van der Waals surface area contributed by atoms with E-state index in [1.54, 1.807) is 19.2 Å². The zero-order valence-corrected chi connectivity index (χ0v) is 13.1. The Kier molecular flexibility index (Phi) is 4.81. The third-order valence-electron chi connectivity index (χ3n) is 3.31. The molecule has 0 aliphatic carbocycles. The Morgan fingerprint density at radius 2 is 2.12 bits per heavy atom. The van der Waals surface area contributed by atoms with Gasteiger partial charge in [-0.15, -0.1) is 0 Å². The fraction of sp³-hybridized carbons (Fsp3) is 0.176. The second kappa shape index (κ2) is 7.36. The predicted molar refractivity (Wildman–Crippen MR) is 89.8 cm³/mol. The van der Waals surface area contributed by atoms with Crippen molar-refractivity contribution in [3.63, 3.8) is 0 Å². The molecule has 0 atom stereocenters. The predicted octanol–water partition coefficient (Wildman–Crippen LogP) is 1.99. The summed E-state index contributed by atoms with van der Waals surface area (Å²) in [6.45, 7) is 0.292. The van der Waals surface area contributed by atoms with Crippen molar-refractivity contribution in [3.05, 3.63) is 48.0 Å². The van der Waals surface area contributed by atoms with Crippen molar-refractivity contribution in [1.82, 2.24) is 5.43 Å². The van der Waals surface area contributed by atoms with Crippen LogP contribution in [0.2, 0.25) is 0 Å². The van der Waals surface area contributed by atoms with Gasteiger partial charge in [-0.05, 0) is 24.3 Å². The molecule has 0 saturated carbocycles. The minimum Gasteiger partial charge on any atom is -0.493 e. The SMILES string of the molecule is COc1cc(/C=N\NC(=O)CNc2ccccc2)cc2c1OCO2. The molecular weight excluding hydrogens is 310 g/mol. The summed E-state index contributed by atoms with van der Waals surface area (Å²) in [6.07, 6.45) is 1.52. The van der Waals surface area contributed by atoms with E-state index >= 15 is 0 Å². The lowest BCUT2D eigenvalue weighted by molar-refractivity contribution is -0.119. The van der Waals surface area contributed by atoms with Crippen molar-refractivity contribution in [2.24, 2.45) is 5.10 Å². The quantitative estimate of drug-likeness (QED) is 0.626. The molecule has 2 aromatic rings. The van der Waals surface area contributed by atoms with Crippen LogP contribution in [0.15, 0.2) is 47.6 Å². The third kappa shape index (κ3) is 3.75. The monoisotopic (exact) mass is 327 g/mol. The maximum absolute atomic E-state index is 11.8. The summed E-state index contributed by atoms with van der Waals surface area (Å²) in [6, 6.07) is 13.0. The van der Waals surface area contributed by atoms with Crippen LogP contribution >= 0.6 is 0 Å². The van der Waals surface area contributed by atoms with Gasteiger partial charge < -0.3 is 19.5 Å². The smallest absolute Gasteiger partial charge is 0.259 e. The number of nitrogens with one attached hydrogen (secondary N) is 2.